The van der Waals surface area contributed by atoms with Crippen LogP contribution in [0, 0.1) is 0 Å². The third-order valence-corrected chi connectivity index (χ3v) is 4.14. The highest BCUT2D eigenvalue weighted by Crippen LogP contribution is 2.38. The maximum atomic E-state index is 10.9. The Bertz CT molecular complexity index is 451. The highest BCUT2D eigenvalue weighted by atomic mass is 79.9. The fraction of sp³-hybridized carbons (Fsp3) is 0.562. The number of rotatable bonds is 5. The number of carbonyl (C=O) groups excluding carboxylic acids is 1. The fourth-order valence-electron chi connectivity index (χ4n) is 2.56. The van der Waals surface area contributed by atoms with Crippen LogP contribution in [0.2, 0.25) is 0 Å². The SMILES string of the molecule is CCOc1cc(C=O)cc(Br)c1OC1CCCCCC1. The number of halogens is 1. The van der Waals surface area contributed by atoms with Crippen molar-refractivity contribution in [2.24, 2.45) is 0 Å². The average molecular weight is 341 g/mol. The number of benzene rings is 1. The summed E-state index contributed by atoms with van der Waals surface area (Å²) in [4.78, 5) is 10.9. The molecule has 0 unspecified atom stereocenters. The number of aldehydes is 1. The minimum absolute atomic E-state index is 0.245. The monoisotopic (exact) mass is 340 g/mol. The minimum Gasteiger partial charge on any atom is -0.490 e. The van der Waals surface area contributed by atoms with E-state index in [4.69, 9.17) is 9.47 Å². The number of ether oxygens (including phenoxy) is 2. The van der Waals surface area contributed by atoms with E-state index in [2.05, 4.69) is 15.9 Å². The summed E-state index contributed by atoms with van der Waals surface area (Å²) in [7, 11) is 0. The molecule has 1 aromatic carbocycles. The Hall–Kier alpha value is -1.03. The summed E-state index contributed by atoms with van der Waals surface area (Å²) in [5, 5.41) is 0. The highest BCUT2D eigenvalue weighted by molar-refractivity contribution is 9.10. The van der Waals surface area contributed by atoms with Gasteiger partial charge in [0, 0.05) is 5.56 Å². The first-order valence-electron chi connectivity index (χ1n) is 7.32. The van der Waals surface area contributed by atoms with E-state index in [1.165, 1.54) is 25.7 Å². The van der Waals surface area contributed by atoms with Gasteiger partial charge in [-0.25, -0.2) is 0 Å². The van der Waals surface area contributed by atoms with Gasteiger partial charge in [0.1, 0.15) is 6.29 Å². The van der Waals surface area contributed by atoms with E-state index in [0.29, 0.717) is 17.9 Å². The molecule has 0 radical (unpaired) electrons. The topological polar surface area (TPSA) is 35.5 Å². The van der Waals surface area contributed by atoms with Gasteiger partial charge in [-0.1, -0.05) is 12.8 Å². The van der Waals surface area contributed by atoms with Gasteiger partial charge in [-0.15, -0.1) is 0 Å². The van der Waals surface area contributed by atoms with Crippen LogP contribution < -0.4 is 9.47 Å². The zero-order valence-corrected chi connectivity index (χ0v) is 13.4. The lowest BCUT2D eigenvalue weighted by atomic mass is 10.1. The van der Waals surface area contributed by atoms with Gasteiger partial charge in [0.2, 0.25) is 0 Å². The first-order valence-corrected chi connectivity index (χ1v) is 8.12. The summed E-state index contributed by atoms with van der Waals surface area (Å²) in [6.07, 6.45) is 8.28. The first kappa shape index (κ1) is 15.4. The maximum Gasteiger partial charge on any atom is 0.175 e. The maximum absolute atomic E-state index is 10.9. The second kappa shape index (κ2) is 7.67. The Morgan fingerprint density at radius 3 is 2.55 bits per heavy atom. The summed E-state index contributed by atoms with van der Waals surface area (Å²) >= 11 is 3.49. The van der Waals surface area contributed by atoms with E-state index in [1.807, 2.05) is 6.92 Å². The molecule has 2 rings (SSSR count). The van der Waals surface area contributed by atoms with Crippen LogP contribution in [0.4, 0.5) is 0 Å². The molecule has 1 aromatic rings. The molecule has 0 aliphatic heterocycles. The predicted molar refractivity (Wildman–Crippen MR) is 82.8 cm³/mol. The zero-order chi connectivity index (χ0) is 14.4. The van der Waals surface area contributed by atoms with Gasteiger partial charge >= 0.3 is 0 Å². The van der Waals surface area contributed by atoms with Gasteiger partial charge in [-0.05, 0) is 60.7 Å². The second-order valence-corrected chi connectivity index (χ2v) is 5.97. The molecule has 0 saturated heterocycles. The minimum atomic E-state index is 0.245. The van der Waals surface area contributed by atoms with E-state index in [1.54, 1.807) is 12.1 Å². The lowest BCUT2D eigenvalue weighted by Gasteiger charge is -2.20. The third kappa shape index (κ3) is 3.98. The van der Waals surface area contributed by atoms with Gasteiger partial charge in [0.25, 0.3) is 0 Å². The van der Waals surface area contributed by atoms with Gasteiger partial charge < -0.3 is 9.47 Å². The van der Waals surface area contributed by atoms with Crippen LogP contribution >= 0.6 is 15.9 Å². The van der Waals surface area contributed by atoms with Crippen molar-refractivity contribution in [3.8, 4) is 11.5 Å². The number of carbonyl (C=O) groups is 1. The molecular formula is C16H21BrO3. The lowest BCUT2D eigenvalue weighted by molar-refractivity contribution is 0.112. The van der Waals surface area contributed by atoms with Crippen molar-refractivity contribution in [1.29, 1.82) is 0 Å². The van der Waals surface area contributed by atoms with Crippen LogP contribution in [0.5, 0.6) is 11.5 Å². The molecule has 1 aliphatic carbocycles. The van der Waals surface area contributed by atoms with Crippen molar-refractivity contribution in [2.75, 3.05) is 6.61 Å². The quantitative estimate of drug-likeness (QED) is 0.572. The molecule has 110 valence electrons. The van der Waals surface area contributed by atoms with Crippen molar-refractivity contribution in [1.82, 2.24) is 0 Å². The van der Waals surface area contributed by atoms with E-state index >= 15 is 0 Å². The molecule has 0 heterocycles. The summed E-state index contributed by atoms with van der Waals surface area (Å²) in [5.74, 6) is 1.37. The molecule has 4 heteroatoms. The molecule has 1 saturated carbocycles. The van der Waals surface area contributed by atoms with E-state index in [9.17, 15) is 4.79 Å². The molecule has 0 amide bonds. The molecule has 0 atom stereocenters. The Kier molecular flexibility index (Phi) is 5.89. The lowest BCUT2D eigenvalue weighted by Crippen LogP contribution is -2.16. The number of hydrogen-bond donors (Lipinski definition) is 0. The van der Waals surface area contributed by atoms with Gasteiger partial charge in [0.05, 0.1) is 17.2 Å². The van der Waals surface area contributed by atoms with Crippen molar-refractivity contribution >= 4 is 22.2 Å². The summed E-state index contributed by atoms with van der Waals surface area (Å²) in [6.45, 7) is 2.48. The van der Waals surface area contributed by atoms with Crippen molar-refractivity contribution in [2.45, 2.75) is 51.6 Å². The van der Waals surface area contributed by atoms with Crippen LogP contribution in [0.1, 0.15) is 55.8 Å². The molecule has 0 aromatic heterocycles. The Labute approximate surface area is 128 Å². The normalized spacial score (nSPS) is 16.5. The van der Waals surface area contributed by atoms with Crippen LogP contribution in [-0.2, 0) is 0 Å². The Balaban J connectivity index is 2.21. The molecule has 1 fully saturated rings. The van der Waals surface area contributed by atoms with Crippen LogP contribution in [0.25, 0.3) is 0 Å². The van der Waals surface area contributed by atoms with Crippen molar-refractivity contribution in [3.05, 3.63) is 22.2 Å². The van der Waals surface area contributed by atoms with Crippen LogP contribution in [0.3, 0.4) is 0 Å². The van der Waals surface area contributed by atoms with Crippen molar-refractivity contribution < 1.29 is 14.3 Å². The first-order chi connectivity index (χ1) is 9.74. The van der Waals surface area contributed by atoms with Gasteiger partial charge in [-0.3, -0.25) is 4.79 Å². The summed E-state index contributed by atoms with van der Waals surface area (Å²) in [6, 6.07) is 3.52. The summed E-state index contributed by atoms with van der Waals surface area (Å²) < 4.78 is 12.6. The second-order valence-electron chi connectivity index (χ2n) is 5.11. The molecular weight excluding hydrogens is 320 g/mol. The van der Waals surface area contributed by atoms with E-state index in [-0.39, 0.29) is 6.10 Å². The van der Waals surface area contributed by atoms with E-state index < -0.39 is 0 Å². The standard InChI is InChI=1S/C16H21BrO3/c1-2-19-15-10-12(11-18)9-14(17)16(15)20-13-7-5-3-4-6-8-13/h9-11,13H,2-8H2,1H3. The summed E-state index contributed by atoms with van der Waals surface area (Å²) in [5.41, 5.74) is 0.591. The Morgan fingerprint density at radius 1 is 1.25 bits per heavy atom. The molecule has 3 nitrogen and oxygen atoms in total. The number of hydrogen-bond acceptors (Lipinski definition) is 3. The third-order valence-electron chi connectivity index (χ3n) is 3.55. The van der Waals surface area contributed by atoms with Crippen LogP contribution in [0.15, 0.2) is 16.6 Å². The molecule has 0 spiro atoms. The molecule has 0 bridgehead atoms. The predicted octanol–water partition coefficient (Wildman–Crippen LogP) is 4.76. The largest absolute Gasteiger partial charge is 0.490 e. The van der Waals surface area contributed by atoms with Crippen LogP contribution in [-0.4, -0.2) is 19.0 Å². The van der Waals surface area contributed by atoms with E-state index in [0.717, 1.165) is 29.4 Å². The zero-order valence-electron chi connectivity index (χ0n) is 11.9. The molecule has 20 heavy (non-hydrogen) atoms. The average Bonchev–Trinajstić information content (AvgIpc) is 2.71. The smallest absolute Gasteiger partial charge is 0.175 e. The van der Waals surface area contributed by atoms with Gasteiger partial charge in [0.15, 0.2) is 11.5 Å². The molecule has 1 aliphatic rings. The van der Waals surface area contributed by atoms with Gasteiger partial charge in [-0.2, -0.15) is 0 Å². The highest BCUT2D eigenvalue weighted by Gasteiger charge is 2.19. The Morgan fingerprint density at radius 2 is 1.95 bits per heavy atom. The fourth-order valence-corrected chi connectivity index (χ4v) is 3.11. The van der Waals surface area contributed by atoms with Crippen molar-refractivity contribution in [3.63, 3.8) is 0 Å². The molecule has 0 N–H and O–H groups in total.